The first-order valence-electron chi connectivity index (χ1n) is 20.0. The largest absolute Gasteiger partial charge is 0.464 e. The number of amides is 2. The minimum Gasteiger partial charge on any atom is -0.464 e. The zero-order valence-corrected chi connectivity index (χ0v) is 44.5. The molecule has 2 saturated heterocycles. The molecule has 0 radical (unpaired) electrons. The van der Waals surface area contributed by atoms with Gasteiger partial charge in [-0.2, -0.15) is 0 Å². The predicted octanol–water partition coefficient (Wildman–Crippen LogP) is 5.08. The van der Waals surface area contributed by atoms with Gasteiger partial charge in [0.2, 0.25) is 11.8 Å². The fourth-order valence-corrected chi connectivity index (χ4v) is 6.18. The Morgan fingerprint density at radius 1 is 0.516 bits per heavy atom. The maximum Gasteiger partial charge on any atom is 0.322 e. The SMILES string of the molecule is C=CC1OC(C)[C@H]2C(=O)N(CCOC(=O)C(C)(COC(=O)C(C)(COC(=O)C(C)(C)Br)COC(=O)C(C)(C)Br)COC(=O)C(C)(COC(=O)C(C)(C)Br)COC(=O)C(C)(C)Br)C(=O)[C@@H]12. The Balaban J connectivity index is 2.47. The van der Waals surface area contributed by atoms with E-state index in [9.17, 15) is 43.2 Å². The van der Waals surface area contributed by atoms with Gasteiger partial charge in [-0.3, -0.25) is 48.1 Å². The highest BCUT2D eigenvalue weighted by atomic mass is 79.9. The second-order valence-electron chi connectivity index (χ2n) is 18.6. The van der Waals surface area contributed by atoms with E-state index in [2.05, 4.69) is 70.3 Å². The number of hydrogen-bond donors (Lipinski definition) is 0. The zero-order valence-electron chi connectivity index (χ0n) is 38.2. The van der Waals surface area contributed by atoms with Crippen molar-refractivity contribution in [2.24, 2.45) is 28.1 Å². The maximum atomic E-state index is 14.0. The van der Waals surface area contributed by atoms with Crippen LogP contribution in [0.15, 0.2) is 12.7 Å². The van der Waals surface area contributed by atoms with Gasteiger partial charge in [-0.15, -0.1) is 6.58 Å². The zero-order chi connectivity index (χ0) is 49.6. The van der Waals surface area contributed by atoms with Gasteiger partial charge >= 0.3 is 41.8 Å². The van der Waals surface area contributed by atoms with Crippen molar-refractivity contribution in [2.45, 2.75) is 113 Å². The summed E-state index contributed by atoms with van der Waals surface area (Å²) in [7, 11) is 0. The van der Waals surface area contributed by atoms with Gasteiger partial charge in [-0.1, -0.05) is 69.8 Å². The van der Waals surface area contributed by atoms with E-state index in [1.165, 1.54) is 82.2 Å². The van der Waals surface area contributed by atoms with Crippen LogP contribution in [0.5, 0.6) is 0 Å². The van der Waals surface area contributed by atoms with Crippen LogP contribution in [0, 0.1) is 28.1 Å². The molecule has 0 N–H and O–H groups in total. The third-order valence-corrected chi connectivity index (χ3v) is 11.3. The minimum absolute atomic E-state index is 0.353. The average Bonchev–Trinajstić information content (AvgIpc) is 3.65. The van der Waals surface area contributed by atoms with Crippen LogP contribution in [-0.4, -0.2) is 141 Å². The van der Waals surface area contributed by atoms with Crippen LogP contribution in [0.2, 0.25) is 0 Å². The number of rotatable bonds is 23. The Kier molecular flexibility index (Phi) is 19.5. The van der Waals surface area contributed by atoms with Gasteiger partial charge in [-0.05, 0) is 83.1 Å². The lowest BCUT2D eigenvalue weighted by Gasteiger charge is -2.33. The summed E-state index contributed by atoms with van der Waals surface area (Å²) in [6.45, 7) is 16.1. The molecule has 4 atom stereocenters. The molecule has 2 amide bonds. The van der Waals surface area contributed by atoms with Crippen molar-refractivity contribution in [1.82, 2.24) is 4.90 Å². The number of fused-ring (bicyclic) bond motifs is 1. The Bertz CT molecular complexity index is 1680. The smallest absolute Gasteiger partial charge is 0.322 e. The molecule has 18 nitrogen and oxygen atoms in total. The minimum atomic E-state index is -2.05. The molecule has 0 saturated carbocycles. The van der Waals surface area contributed by atoms with E-state index in [-0.39, 0.29) is 6.54 Å². The predicted molar refractivity (Wildman–Crippen MR) is 241 cm³/mol. The standard InChI is InChI=1S/C42H59Br4NO17/c1-14-24-26-25(23(2)64-24)27(48)47(28(26)49)15-16-57-33(54)40(11,21-62-34(55)41(12,17-58-29(50)36(3,4)43)18-59-30(51)37(5,6)44)22-63-35(56)42(13,19-60-31(52)38(7,8)45)20-61-32(53)39(9,10)46/h14,23-26H,1,15-22H2,2-13H3/t23?,24?,25-,26+/m1/s1. The highest BCUT2D eigenvalue weighted by Crippen LogP contribution is 2.41. The Labute approximate surface area is 407 Å². The lowest BCUT2D eigenvalue weighted by Crippen LogP contribution is -2.48. The molecule has 64 heavy (non-hydrogen) atoms. The monoisotopic (exact) mass is 1170 g/mol. The summed E-state index contributed by atoms with van der Waals surface area (Å²) in [5, 5.41) is 0. The number of esters is 7. The molecule has 2 aliphatic rings. The fourth-order valence-electron chi connectivity index (χ4n) is 5.72. The highest BCUT2D eigenvalue weighted by Gasteiger charge is 2.58. The van der Waals surface area contributed by atoms with Crippen molar-refractivity contribution in [3.63, 3.8) is 0 Å². The molecular weight excluding hydrogens is 1110 g/mol. The van der Waals surface area contributed by atoms with Crippen LogP contribution in [0.1, 0.15) is 83.1 Å². The van der Waals surface area contributed by atoms with Crippen molar-refractivity contribution < 1.29 is 81.0 Å². The molecule has 2 unspecified atom stereocenters. The topological polar surface area (TPSA) is 231 Å². The molecule has 0 bridgehead atoms. The van der Waals surface area contributed by atoms with E-state index >= 15 is 0 Å². The van der Waals surface area contributed by atoms with Gasteiger partial charge in [-0.25, -0.2) is 0 Å². The summed E-state index contributed by atoms with van der Waals surface area (Å²) in [6, 6.07) is 0. The first-order chi connectivity index (χ1) is 28.9. The summed E-state index contributed by atoms with van der Waals surface area (Å²) in [5.74, 6) is -9.01. The van der Waals surface area contributed by atoms with E-state index < -0.39 is 157 Å². The maximum absolute atomic E-state index is 14.0. The molecule has 2 aliphatic heterocycles. The van der Waals surface area contributed by atoms with E-state index in [0.29, 0.717) is 0 Å². The second-order valence-corrected chi connectivity index (χ2v) is 26.5. The first-order valence-corrected chi connectivity index (χ1v) is 23.2. The van der Waals surface area contributed by atoms with Gasteiger partial charge in [0, 0.05) is 0 Å². The highest BCUT2D eigenvalue weighted by molar-refractivity contribution is 9.10. The average molecular weight is 1170 g/mol. The van der Waals surface area contributed by atoms with Gasteiger partial charge in [0.25, 0.3) is 0 Å². The lowest BCUT2D eigenvalue weighted by atomic mass is 9.90. The van der Waals surface area contributed by atoms with Crippen molar-refractivity contribution in [3.8, 4) is 0 Å². The number of carbonyl (C=O) groups is 9. The number of halogens is 4. The van der Waals surface area contributed by atoms with Crippen LogP contribution in [-0.2, 0) is 81.0 Å². The van der Waals surface area contributed by atoms with E-state index in [0.717, 1.165) is 4.90 Å². The molecule has 0 aliphatic carbocycles. The van der Waals surface area contributed by atoms with E-state index in [1.807, 2.05) is 0 Å². The summed E-state index contributed by atoms with van der Waals surface area (Å²) in [4.78, 5) is 120. The van der Waals surface area contributed by atoms with Crippen molar-refractivity contribution in [3.05, 3.63) is 12.7 Å². The van der Waals surface area contributed by atoms with Crippen molar-refractivity contribution in [2.75, 3.05) is 52.8 Å². The first kappa shape index (κ1) is 57.2. The molecule has 0 aromatic carbocycles. The van der Waals surface area contributed by atoms with Gasteiger partial charge in [0.15, 0.2) is 0 Å². The molecule has 0 aromatic rings. The van der Waals surface area contributed by atoms with Crippen LogP contribution < -0.4 is 0 Å². The molecule has 0 spiro atoms. The molecule has 22 heteroatoms. The van der Waals surface area contributed by atoms with Crippen LogP contribution in [0.3, 0.4) is 0 Å². The summed E-state index contributed by atoms with van der Waals surface area (Å²) >= 11 is 12.8. The van der Waals surface area contributed by atoms with Gasteiger partial charge in [0.05, 0.1) is 30.6 Å². The van der Waals surface area contributed by atoms with Crippen LogP contribution in [0.4, 0.5) is 0 Å². The third-order valence-electron chi connectivity index (χ3n) is 10.1. The van der Waals surface area contributed by atoms with Crippen LogP contribution in [0.25, 0.3) is 0 Å². The Morgan fingerprint density at radius 3 is 1.06 bits per heavy atom. The number of nitrogens with zero attached hydrogens (tertiary/aromatic N) is 1. The number of ether oxygens (including phenoxy) is 8. The van der Waals surface area contributed by atoms with E-state index in [4.69, 9.17) is 37.9 Å². The van der Waals surface area contributed by atoms with Crippen molar-refractivity contribution >= 4 is 117 Å². The fraction of sp³-hybridized carbons (Fsp3) is 0.738. The number of carbonyl (C=O) groups excluding carboxylic acids is 9. The third kappa shape index (κ3) is 15.0. The molecule has 2 rings (SSSR count). The number of likely N-dealkylation sites (tertiary alicyclic amines) is 1. The summed E-state index contributed by atoms with van der Waals surface area (Å²) in [6.07, 6.45) is 0.174. The Morgan fingerprint density at radius 2 is 0.781 bits per heavy atom. The molecular formula is C42H59Br4NO17. The molecule has 0 aromatic heterocycles. The van der Waals surface area contributed by atoms with Gasteiger partial charge in [0.1, 0.15) is 79.8 Å². The quantitative estimate of drug-likeness (QED) is 0.0427. The molecule has 2 fully saturated rings. The lowest BCUT2D eigenvalue weighted by molar-refractivity contribution is -0.183. The number of alkyl halides is 4. The second kappa shape index (κ2) is 21.8. The van der Waals surface area contributed by atoms with Crippen molar-refractivity contribution in [1.29, 1.82) is 0 Å². The molecule has 362 valence electrons. The number of imide groups is 1. The van der Waals surface area contributed by atoms with Gasteiger partial charge < -0.3 is 37.9 Å². The normalized spacial score (nSPS) is 19.6. The van der Waals surface area contributed by atoms with E-state index in [1.54, 1.807) is 6.92 Å². The van der Waals surface area contributed by atoms with Crippen LogP contribution >= 0.6 is 63.7 Å². The summed E-state index contributed by atoms with van der Waals surface area (Å²) < 4.78 is 39.5. The summed E-state index contributed by atoms with van der Waals surface area (Å²) in [5.41, 5.74) is -5.77. The molecule has 2 heterocycles. The number of hydrogen-bond acceptors (Lipinski definition) is 17. The Hall–Kier alpha value is -2.95.